The summed E-state index contributed by atoms with van der Waals surface area (Å²) in [5.74, 6) is 0.653. The molecule has 1 atom stereocenters. The molecule has 0 bridgehead atoms. The van der Waals surface area contributed by atoms with Crippen molar-refractivity contribution >= 4 is 5.84 Å². The van der Waals surface area contributed by atoms with Crippen molar-refractivity contribution in [2.45, 2.75) is 12.5 Å². The van der Waals surface area contributed by atoms with E-state index in [0.29, 0.717) is 5.84 Å². The molecule has 0 aliphatic carbocycles. The van der Waals surface area contributed by atoms with Crippen LogP contribution in [0.2, 0.25) is 0 Å². The van der Waals surface area contributed by atoms with Gasteiger partial charge in [-0.2, -0.15) is 0 Å². The monoisotopic (exact) mass is 222 g/mol. The molecule has 2 aromatic carbocycles. The van der Waals surface area contributed by atoms with Gasteiger partial charge in [0.05, 0.1) is 6.04 Å². The van der Waals surface area contributed by atoms with Gasteiger partial charge in [-0.05, 0) is 17.5 Å². The van der Waals surface area contributed by atoms with Crippen LogP contribution in [-0.2, 0) is 6.42 Å². The SMILES string of the molecule is NC1=NC(c2ccccc2)Cc2ccccc21. The Morgan fingerprint density at radius 1 is 0.941 bits per heavy atom. The molecule has 0 fully saturated rings. The molecule has 0 spiro atoms. The van der Waals surface area contributed by atoms with Gasteiger partial charge >= 0.3 is 0 Å². The number of rotatable bonds is 1. The molecule has 2 aromatic rings. The van der Waals surface area contributed by atoms with Gasteiger partial charge in [0.15, 0.2) is 0 Å². The number of hydrogen-bond donors (Lipinski definition) is 1. The van der Waals surface area contributed by atoms with Crippen LogP contribution in [0.5, 0.6) is 0 Å². The first-order valence-corrected chi connectivity index (χ1v) is 5.81. The zero-order valence-corrected chi connectivity index (χ0v) is 9.51. The van der Waals surface area contributed by atoms with Crippen molar-refractivity contribution in [1.29, 1.82) is 0 Å². The zero-order chi connectivity index (χ0) is 11.7. The van der Waals surface area contributed by atoms with Crippen molar-refractivity contribution in [3.05, 3.63) is 71.3 Å². The summed E-state index contributed by atoms with van der Waals surface area (Å²) in [6.07, 6.45) is 0.931. The first-order valence-electron chi connectivity index (χ1n) is 5.81. The van der Waals surface area contributed by atoms with E-state index in [0.717, 1.165) is 12.0 Å². The molecule has 2 N–H and O–H groups in total. The van der Waals surface area contributed by atoms with Gasteiger partial charge in [0.1, 0.15) is 5.84 Å². The summed E-state index contributed by atoms with van der Waals surface area (Å²) >= 11 is 0. The lowest BCUT2D eigenvalue weighted by molar-refractivity contribution is 0.710. The van der Waals surface area contributed by atoms with Crippen LogP contribution in [0, 0.1) is 0 Å². The summed E-state index contributed by atoms with van der Waals surface area (Å²) in [5, 5.41) is 0. The molecule has 1 aliphatic rings. The number of hydrogen-bond acceptors (Lipinski definition) is 2. The third-order valence-electron chi connectivity index (χ3n) is 3.19. The molecule has 3 rings (SSSR count). The Kier molecular flexibility index (Phi) is 2.41. The lowest BCUT2D eigenvalue weighted by Crippen LogP contribution is -2.22. The van der Waals surface area contributed by atoms with Crippen molar-refractivity contribution in [2.75, 3.05) is 0 Å². The number of nitrogens with two attached hydrogens (primary N) is 1. The summed E-state index contributed by atoms with van der Waals surface area (Å²) in [4.78, 5) is 4.59. The maximum absolute atomic E-state index is 6.02. The van der Waals surface area contributed by atoms with Crippen LogP contribution in [0.15, 0.2) is 59.6 Å². The molecule has 0 saturated heterocycles. The highest BCUT2D eigenvalue weighted by atomic mass is 14.9. The van der Waals surface area contributed by atoms with Gasteiger partial charge in [0.2, 0.25) is 0 Å². The van der Waals surface area contributed by atoms with E-state index in [1.807, 2.05) is 30.3 Å². The fourth-order valence-electron chi connectivity index (χ4n) is 2.31. The fourth-order valence-corrected chi connectivity index (χ4v) is 2.31. The molecule has 2 nitrogen and oxygen atoms in total. The number of fused-ring (bicyclic) bond motifs is 1. The van der Waals surface area contributed by atoms with E-state index in [4.69, 9.17) is 5.73 Å². The summed E-state index contributed by atoms with van der Waals surface area (Å²) in [7, 11) is 0. The van der Waals surface area contributed by atoms with E-state index >= 15 is 0 Å². The Morgan fingerprint density at radius 3 is 2.47 bits per heavy atom. The largest absolute Gasteiger partial charge is 0.383 e. The second-order valence-electron chi connectivity index (χ2n) is 4.30. The van der Waals surface area contributed by atoms with Crippen molar-refractivity contribution in [3.8, 4) is 0 Å². The van der Waals surface area contributed by atoms with Crippen molar-refractivity contribution in [3.63, 3.8) is 0 Å². The number of amidine groups is 1. The summed E-state index contributed by atoms with van der Waals surface area (Å²) < 4.78 is 0. The van der Waals surface area contributed by atoms with Gasteiger partial charge in [0.25, 0.3) is 0 Å². The summed E-state index contributed by atoms with van der Waals surface area (Å²) in [6, 6.07) is 18.7. The van der Waals surface area contributed by atoms with E-state index in [9.17, 15) is 0 Å². The lowest BCUT2D eigenvalue weighted by atomic mass is 9.93. The minimum Gasteiger partial charge on any atom is -0.383 e. The zero-order valence-electron chi connectivity index (χ0n) is 9.51. The van der Waals surface area contributed by atoms with E-state index in [1.54, 1.807) is 0 Å². The number of aliphatic imine (C=N–C) groups is 1. The van der Waals surface area contributed by atoms with Gasteiger partial charge in [-0.1, -0.05) is 54.6 Å². The highest BCUT2D eigenvalue weighted by Crippen LogP contribution is 2.28. The van der Waals surface area contributed by atoms with E-state index in [2.05, 4.69) is 29.3 Å². The van der Waals surface area contributed by atoms with Crippen LogP contribution in [0.25, 0.3) is 0 Å². The predicted molar refractivity (Wildman–Crippen MR) is 70.1 cm³/mol. The highest BCUT2D eigenvalue weighted by molar-refractivity contribution is 5.99. The van der Waals surface area contributed by atoms with Crippen LogP contribution in [0.4, 0.5) is 0 Å². The quantitative estimate of drug-likeness (QED) is 0.791. The molecule has 17 heavy (non-hydrogen) atoms. The molecule has 1 unspecified atom stereocenters. The first kappa shape index (κ1) is 10.1. The minimum absolute atomic E-state index is 0.158. The average Bonchev–Trinajstić information content (AvgIpc) is 2.40. The summed E-state index contributed by atoms with van der Waals surface area (Å²) in [6.45, 7) is 0. The minimum atomic E-state index is 0.158. The molecule has 0 saturated carbocycles. The fraction of sp³-hybridized carbons (Fsp3) is 0.133. The van der Waals surface area contributed by atoms with Crippen LogP contribution >= 0.6 is 0 Å². The van der Waals surface area contributed by atoms with Crippen molar-refractivity contribution in [1.82, 2.24) is 0 Å². The van der Waals surface area contributed by atoms with E-state index in [-0.39, 0.29) is 6.04 Å². The van der Waals surface area contributed by atoms with Crippen molar-refractivity contribution < 1.29 is 0 Å². The van der Waals surface area contributed by atoms with Crippen LogP contribution in [0.3, 0.4) is 0 Å². The summed E-state index contributed by atoms with van der Waals surface area (Å²) in [5.41, 5.74) is 9.62. The number of benzene rings is 2. The second-order valence-corrected chi connectivity index (χ2v) is 4.30. The maximum Gasteiger partial charge on any atom is 0.126 e. The van der Waals surface area contributed by atoms with E-state index < -0.39 is 0 Å². The Hall–Kier alpha value is -2.09. The van der Waals surface area contributed by atoms with Crippen LogP contribution in [-0.4, -0.2) is 5.84 Å². The lowest BCUT2D eigenvalue weighted by Gasteiger charge is -2.21. The molecular weight excluding hydrogens is 208 g/mol. The molecular formula is C15H14N2. The van der Waals surface area contributed by atoms with Crippen molar-refractivity contribution in [2.24, 2.45) is 10.7 Å². The first-order chi connectivity index (χ1) is 8.34. The highest BCUT2D eigenvalue weighted by Gasteiger charge is 2.19. The Labute approximate surface area is 101 Å². The van der Waals surface area contributed by atoms with E-state index in [1.165, 1.54) is 11.1 Å². The molecule has 1 heterocycles. The average molecular weight is 222 g/mol. The topological polar surface area (TPSA) is 38.4 Å². The molecule has 0 amide bonds. The third-order valence-corrected chi connectivity index (χ3v) is 3.19. The Morgan fingerprint density at radius 2 is 1.65 bits per heavy atom. The molecule has 1 aliphatic heterocycles. The molecule has 0 aromatic heterocycles. The van der Waals surface area contributed by atoms with Gasteiger partial charge in [0, 0.05) is 5.56 Å². The maximum atomic E-state index is 6.02. The Balaban J connectivity index is 2.02. The van der Waals surface area contributed by atoms with Crippen LogP contribution in [0.1, 0.15) is 22.7 Å². The van der Waals surface area contributed by atoms with Gasteiger partial charge in [-0.25, -0.2) is 0 Å². The second kappa shape index (κ2) is 4.06. The van der Waals surface area contributed by atoms with Gasteiger partial charge in [-0.3, -0.25) is 4.99 Å². The Bertz CT molecular complexity index is 558. The smallest absolute Gasteiger partial charge is 0.126 e. The van der Waals surface area contributed by atoms with Gasteiger partial charge in [-0.15, -0.1) is 0 Å². The molecule has 2 heteroatoms. The van der Waals surface area contributed by atoms with Gasteiger partial charge < -0.3 is 5.73 Å². The number of nitrogens with zero attached hydrogens (tertiary/aromatic N) is 1. The standard InChI is InChI=1S/C15H14N2/c16-15-13-9-5-4-8-12(13)10-14(17-15)11-6-2-1-3-7-11/h1-9,14H,10H2,(H2,16,17). The van der Waals surface area contributed by atoms with Crippen LogP contribution < -0.4 is 5.73 Å². The molecule has 0 radical (unpaired) electrons. The predicted octanol–water partition coefficient (Wildman–Crippen LogP) is 2.69. The molecule has 84 valence electrons. The third kappa shape index (κ3) is 1.82. The normalized spacial score (nSPS) is 18.4.